The highest BCUT2D eigenvalue weighted by Gasteiger charge is 2.33. The first kappa shape index (κ1) is 17.0. The van der Waals surface area contributed by atoms with Gasteiger partial charge < -0.3 is 4.90 Å². The largest absolute Gasteiger partial charge is 0.331 e. The van der Waals surface area contributed by atoms with E-state index < -0.39 is 0 Å². The number of aromatic nitrogens is 2. The summed E-state index contributed by atoms with van der Waals surface area (Å²) >= 11 is 0. The van der Waals surface area contributed by atoms with E-state index in [9.17, 15) is 9.59 Å². The molecule has 0 aliphatic carbocycles. The van der Waals surface area contributed by atoms with Gasteiger partial charge in [-0.15, -0.1) is 0 Å². The van der Waals surface area contributed by atoms with Crippen LogP contribution in [0.3, 0.4) is 0 Å². The maximum absolute atomic E-state index is 13.1. The van der Waals surface area contributed by atoms with Crippen molar-refractivity contribution < 1.29 is 4.79 Å². The summed E-state index contributed by atoms with van der Waals surface area (Å²) in [4.78, 5) is 34.0. The Labute approximate surface area is 153 Å². The van der Waals surface area contributed by atoms with E-state index in [2.05, 4.69) is 34.1 Å². The Balaban J connectivity index is 1.51. The molecule has 3 heterocycles. The molecule has 1 aromatic carbocycles. The van der Waals surface area contributed by atoms with Crippen LogP contribution in [0.5, 0.6) is 0 Å². The molecule has 136 valence electrons. The van der Waals surface area contributed by atoms with Gasteiger partial charge >= 0.3 is 0 Å². The molecule has 0 bridgehead atoms. The van der Waals surface area contributed by atoms with E-state index in [0.717, 1.165) is 25.2 Å². The van der Waals surface area contributed by atoms with Crippen LogP contribution in [0.4, 0.5) is 0 Å². The predicted octanol–water partition coefficient (Wildman–Crippen LogP) is 1.38. The minimum atomic E-state index is -0.206. The van der Waals surface area contributed by atoms with Crippen LogP contribution in [-0.2, 0) is 37.9 Å². The number of nitrogens with zero attached hydrogens (tertiary/aromatic N) is 4. The predicted molar refractivity (Wildman–Crippen MR) is 98.5 cm³/mol. The normalized spacial score (nSPS) is 17.7. The van der Waals surface area contributed by atoms with Gasteiger partial charge in [0.05, 0.1) is 30.4 Å². The molecule has 2 aromatic rings. The van der Waals surface area contributed by atoms with Crippen LogP contribution in [0.25, 0.3) is 0 Å². The van der Waals surface area contributed by atoms with Crippen molar-refractivity contribution in [3.05, 3.63) is 62.8 Å². The molecule has 2 aliphatic heterocycles. The second-order valence-electron chi connectivity index (χ2n) is 7.31. The molecule has 1 aromatic heterocycles. The summed E-state index contributed by atoms with van der Waals surface area (Å²) < 4.78 is 1.55. The number of hydrogen-bond donors (Lipinski definition) is 0. The average Bonchev–Trinajstić information content (AvgIpc) is 3.08. The van der Waals surface area contributed by atoms with Crippen molar-refractivity contribution in [1.29, 1.82) is 0 Å². The summed E-state index contributed by atoms with van der Waals surface area (Å²) in [5.41, 5.74) is 4.04. The fraction of sp³-hybridized carbons (Fsp3) is 0.450. The van der Waals surface area contributed by atoms with Crippen LogP contribution in [-0.4, -0.2) is 37.8 Å². The Hall–Kier alpha value is -2.47. The molecule has 1 amide bonds. The number of hydrogen-bond acceptors (Lipinski definition) is 4. The van der Waals surface area contributed by atoms with E-state index in [4.69, 9.17) is 0 Å². The summed E-state index contributed by atoms with van der Waals surface area (Å²) in [7, 11) is 1.73. The van der Waals surface area contributed by atoms with Gasteiger partial charge in [-0.05, 0) is 31.4 Å². The Morgan fingerprint density at radius 3 is 2.65 bits per heavy atom. The van der Waals surface area contributed by atoms with Crippen molar-refractivity contribution in [3.8, 4) is 0 Å². The van der Waals surface area contributed by atoms with Gasteiger partial charge in [0.15, 0.2) is 0 Å². The van der Waals surface area contributed by atoms with E-state index in [1.165, 1.54) is 11.1 Å². The van der Waals surface area contributed by atoms with Gasteiger partial charge in [0.2, 0.25) is 5.91 Å². The van der Waals surface area contributed by atoms with E-state index in [1.54, 1.807) is 16.5 Å². The number of amides is 1. The molecular weight excluding hydrogens is 328 g/mol. The molecule has 0 fully saturated rings. The molecule has 6 nitrogen and oxygen atoms in total. The highest BCUT2D eigenvalue weighted by molar-refractivity contribution is 5.82. The zero-order valence-corrected chi connectivity index (χ0v) is 15.5. The third kappa shape index (κ3) is 2.74. The van der Waals surface area contributed by atoms with E-state index in [0.29, 0.717) is 24.5 Å². The van der Waals surface area contributed by atoms with Crippen molar-refractivity contribution in [2.75, 3.05) is 6.54 Å². The van der Waals surface area contributed by atoms with Gasteiger partial charge in [-0.25, -0.2) is 4.98 Å². The summed E-state index contributed by atoms with van der Waals surface area (Å²) in [5.74, 6) is 0.755. The number of rotatable bonds is 2. The quantitative estimate of drug-likeness (QED) is 0.819. The number of benzene rings is 1. The molecule has 2 aliphatic rings. The standard InChI is InChI=1S/C20H24N4O2/c1-13(23-9-8-15-6-4-5-7-16(15)10-23)19(25)24-11-17-18(12-24)21-14(2)22(3)20(17)26/h4-7,13H,8-12H2,1-3H3/t13-/m1/s1. The summed E-state index contributed by atoms with van der Waals surface area (Å²) in [6.07, 6.45) is 0.968. The zero-order valence-electron chi connectivity index (χ0n) is 15.5. The lowest BCUT2D eigenvalue weighted by atomic mass is 9.98. The maximum Gasteiger partial charge on any atom is 0.258 e. The van der Waals surface area contributed by atoms with E-state index >= 15 is 0 Å². The minimum Gasteiger partial charge on any atom is -0.331 e. The SMILES string of the molecule is Cc1nc2c(c(=O)n1C)CN(C(=O)[C@@H](C)N1CCc3ccccc3C1)C2. The van der Waals surface area contributed by atoms with E-state index in [-0.39, 0.29) is 17.5 Å². The lowest BCUT2D eigenvalue weighted by molar-refractivity contribution is -0.137. The van der Waals surface area contributed by atoms with Gasteiger partial charge in [0.1, 0.15) is 5.82 Å². The van der Waals surface area contributed by atoms with Gasteiger partial charge in [0, 0.05) is 20.1 Å². The highest BCUT2D eigenvalue weighted by Crippen LogP contribution is 2.24. The van der Waals surface area contributed by atoms with Gasteiger partial charge in [-0.3, -0.25) is 19.1 Å². The van der Waals surface area contributed by atoms with Crippen molar-refractivity contribution in [3.63, 3.8) is 0 Å². The van der Waals surface area contributed by atoms with Crippen molar-refractivity contribution in [1.82, 2.24) is 19.4 Å². The highest BCUT2D eigenvalue weighted by atomic mass is 16.2. The van der Waals surface area contributed by atoms with Crippen LogP contribution < -0.4 is 5.56 Å². The van der Waals surface area contributed by atoms with Gasteiger partial charge in [-0.2, -0.15) is 0 Å². The van der Waals surface area contributed by atoms with Crippen LogP contribution in [0.1, 0.15) is 35.1 Å². The molecule has 0 spiro atoms. The first-order valence-corrected chi connectivity index (χ1v) is 9.10. The molecule has 0 unspecified atom stereocenters. The van der Waals surface area contributed by atoms with Crippen LogP contribution in [0.2, 0.25) is 0 Å². The second-order valence-corrected chi connectivity index (χ2v) is 7.31. The lowest BCUT2D eigenvalue weighted by Crippen LogP contribution is -2.47. The first-order chi connectivity index (χ1) is 12.5. The van der Waals surface area contributed by atoms with Crippen LogP contribution in [0, 0.1) is 6.92 Å². The third-order valence-electron chi connectivity index (χ3n) is 5.76. The Morgan fingerprint density at radius 2 is 1.88 bits per heavy atom. The second kappa shape index (κ2) is 6.36. The topological polar surface area (TPSA) is 58.4 Å². The summed E-state index contributed by atoms with van der Waals surface area (Å²) in [5, 5.41) is 0. The van der Waals surface area contributed by atoms with Crippen LogP contribution in [0.15, 0.2) is 29.1 Å². The molecule has 4 rings (SSSR count). The van der Waals surface area contributed by atoms with Crippen molar-refractivity contribution in [2.24, 2.45) is 7.05 Å². The molecule has 26 heavy (non-hydrogen) atoms. The Kier molecular flexibility index (Phi) is 4.15. The smallest absolute Gasteiger partial charge is 0.258 e. The monoisotopic (exact) mass is 352 g/mol. The molecule has 0 N–H and O–H groups in total. The fourth-order valence-corrected chi connectivity index (χ4v) is 3.95. The molecule has 0 radical (unpaired) electrons. The summed E-state index contributed by atoms with van der Waals surface area (Å²) in [6, 6.07) is 8.22. The fourth-order valence-electron chi connectivity index (χ4n) is 3.95. The number of aryl methyl sites for hydroxylation is 1. The summed E-state index contributed by atoms with van der Waals surface area (Å²) in [6.45, 7) is 6.26. The van der Waals surface area contributed by atoms with E-state index in [1.807, 2.05) is 13.8 Å². The minimum absolute atomic E-state index is 0.0395. The van der Waals surface area contributed by atoms with Gasteiger partial charge in [0.25, 0.3) is 5.56 Å². The molecule has 1 atom stereocenters. The first-order valence-electron chi connectivity index (χ1n) is 9.10. The van der Waals surface area contributed by atoms with Crippen LogP contribution >= 0.6 is 0 Å². The number of carbonyl (C=O) groups is 1. The molecule has 6 heteroatoms. The molecule has 0 saturated heterocycles. The zero-order chi connectivity index (χ0) is 18.4. The lowest BCUT2D eigenvalue weighted by Gasteiger charge is -2.34. The molecule has 0 saturated carbocycles. The van der Waals surface area contributed by atoms with Crippen molar-refractivity contribution >= 4 is 5.91 Å². The van der Waals surface area contributed by atoms with Crippen molar-refractivity contribution in [2.45, 2.75) is 45.9 Å². The molecular formula is C20H24N4O2. The number of carbonyl (C=O) groups excluding carboxylic acids is 1. The number of fused-ring (bicyclic) bond motifs is 2. The maximum atomic E-state index is 13.1. The Morgan fingerprint density at radius 1 is 1.15 bits per heavy atom. The average molecular weight is 352 g/mol. The third-order valence-corrected chi connectivity index (χ3v) is 5.76. The van der Waals surface area contributed by atoms with Gasteiger partial charge in [-0.1, -0.05) is 24.3 Å². The Bertz CT molecular complexity index is 934.